The molecule has 0 amide bonds. The molecule has 11 heavy (non-hydrogen) atoms. The Morgan fingerprint density at radius 3 is 3.18 bits per heavy atom. The van der Waals surface area contributed by atoms with Crippen molar-refractivity contribution in [1.29, 1.82) is 0 Å². The molecule has 1 heterocycles. The third-order valence-electron chi connectivity index (χ3n) is 1.66. The normalized spacial score (nSPS) is 14.2. The molecule has 1 aromatic rings. The molecule has 0 saturated carbocycles. The summed E-state index contributed by atoms with van der Waals surface area (Å²) in [5, 5.41) is 3.12. The summed E-state index contributed by atoms with van der Waals surface area (Å²) >= 11 is 0. The molecule has 0 fully saturated rings. The van der Waals surface area contributed by atoms with Crippen molar-refractivity contribution in [3.8, 4) is 0 Å². The fourth-order valence-electron chi connectivity index (χ4n) is 1.10. The molecule has 1 N–H and O–H groups in total. The molecule has 1 aliphatic rings. The van der Waals surface area contributed by atoms with E-state index in [1.54, 1.807) is 12.5 Å². The van der Waals surface area contributed by atoms with Crippen molar-refractivity contribution >= 4 is 5.69 Å². The minimum Gasteiger partial charge on any atom is -0.495 e. The lowest BCUT2D eigenvalue weighted by Crippen LogP contribution is -1.90. The molecule has 0 aromatic heterocycles. The summed E-state index contributed by atoms with van der Waals surface area (Å²) in [5.41, 5.74) is 2.32. The summed E-state index contributed by atoms with van der Waals surface area (Å²) in [4.78, 5) is 0. The van der Waals surface area contributed by atoms with Gasteiger partial charge in [0.25, 0.3) is 0 Å². The molecular formula is C9H9NO. The van der Waals surface area contributed by atoms with Crippen molar-refractivity contribution in [3.05, 3.63) is 42.3 Å². The van der Waals surface area contributed by atoms with E-state index in [4.69, 9.17) is 4.74 Å². The lowest BCUT2D eigenvalue weighted by molar-refractivity contribution is 0.238. The van der Waals surface area contributed by atoms with E-state index in [1.807, 2.05) is 18.2 Å². The predicted octanol–water partition coefficient (Wildman–Crippen LogP) is 2.10. The first-order chi connectivity index (χ1) is 5.47. The van der Waals surface area contributed by atoms with E-state index in [0.29, 0.717) is 6.61 Å². The van der Waals surface area contributed by atoms with E-state index in [2.05, 4.69) is 11.4 Å². The number of rotatable bonds is 0. The minimum atomic E-state index is 0.652. The molecule has 1 aliphatic heterocycles. The van der Waals surface area contributed by atoms with Crippen LogP contribution in [0.4, 0.5) is 5.69 Å². The van der Waals surface area contributed by atoms with Gasteiger partial charge in [0, 0.05) is 17.5 Å². The Morgan fingerprint density at radius 2 is 2.18 bits per heavy atom. The van der Waals surface area contributed by atoms with Crippen LogP contribution in [-0.2, 0) is 11.3 Å². The van der Waals surface area contributed by atoms with Crippen LogP contribution >= 0.6 is 0 Å². The molecule has 2 rings (SSSR count). The number of hydrogen-bond acceptors (Lipinski definition) is 2. The molecule has 0 atom stereocenters. The molecule has 0 spiro atoms. The monoisotopic (exact) mass is 147 g/mol. The number of para-hydroxylation sites is 1. The van der Waals surface area contributed by atoms with Crippen molar-refractivity contribution in [3.63, 3.8) is 0 Å². The Kier molecular flexibility index (Phi) is 1.52. The summed E-state index contributed by atoms with van der Waals surface area (Å²) < 4.78 is 5.18. The van der Waals surface area contributed by atoms with Crippen LogP contribution in [0.15, 0.2) is 36.7 Å². The molecule has 2 heteroatoms. The summed E-state index contributed by atoms with van der Waals surface area (Å²) in [7, 11) is 0. The number of benzene rings is 1. The second-order valence-corrected chi connectivity index (χ2v) is 2.42. The average Bonchev–Trinajstić information content (AvgIpc) is 2.28. The van der Waals surface area contributed by atoms with Crippen molar-refractivity contribution in [2.45, 2.75) is 6.61 Å². The molecule has 1 aromatic carbocycles. The SMILES string of the molecule is C1=COCc2ccccc2N1. The van der Waals surface area contributed by atoms with Crippen molar-refractivity contribution in [2.75, 3.05) is 5.32 Å². The smallest absolute Gasteiger partial charge is 0.114 e. The number of hydrogen-bond donors (Lipinski definition) is 1. The number of nitrogens with one attached hydrogen (secondary N) is 1. The van der Waals surface area contributed by atoms with Crippen LogP contribution in [-0.4, -0.2) is 0 Å². The molecule has 0 aliphatic carbocycles. The lowest BCUT2D eigenvalue weighted by atomic mass is 10.2. The lowest BCUT2D eigenvalue weighted by Gasteiger charge is -2.03. The van der Waals surface area contributed by atoms with E-state index < -0.39 is 0 Å². The highest BCUT2D eigenvalue weighted by atomic mass is 16.5. The number of ether oxygens (including phenoxy) is 1. The van der Waals surface area contributed by atoms with Gasteiger partial charge in [0.15, 0.2) is 0 Å². The van der Waals surface area contributed by atoms with E-state index in [1.165, 1.54) is 5.56 Å². The second kappa shape index (κ2) is 2.66. The van der Waals surface area contributed by atoms with Crippen molar-refractivity contribution < 1.29 is 4.74 Å². The van der Waals surface area contributed by atoms with Crippen LogP contribution in [0, 0.1) is 0 Å². The number of fused-ring (bicyclic) bond motifs is 1. The van der Waals surface area contributed by atoms with E-state index in [9.17, 15) is 0 Å². The fraction of sp³-hybridized carbons (Fsp3) is 0.111. The van der Waals surface area contributed by atoms with Crippen LogP contribution < -0.4 is 5.32 Å². The Balaban J connectivity index is 2.40. The van der Waals surface area contributed by atoms with Gasteiger partial charge >= 0.3 is 0 Å². The van der Waals surface area contributed by atoms with E-state index >= 15 is 0 Å². The fourth-order valence-corrected chi connectivity index (χ4v) is 1.10. The van der Waals surface area contributed by atoms with Crippen LogP contribution in [0.2, 0.25) is 0 Å². The largest absolute Gasteiger partial charge is 0.495 e. The first kappa shape index (κ1) is 6.28. The maximum atomic E-state index is 5.18. The quantitative estimate of drug-likeness (QED) is 0.606. The summed E-state index contributed by atoms with van der Waals surface area (Å²) in [5.74, 6) is 0. The van der Waals surface area contributed by atoms with Gasteiger partial charge in [-0.2, -0.15) is 0 Å². The molecular weight excluding hydrogens is 138 g/mol. The Labute approximate surface area is 65.5 Å². The Hall–Kier alpha value is -1.44. The standard InChI is InChI=1S/C9H9NO/c1-2-4-9-8(3-1)7-11-6-5-10-9/h1-6,10H,7H2. The van der Waals surface area contributed by atoms with E-state index in [-0.39, 0.29) is 0 Å². The van der Waals surface area contributed by atoms with Gasteiger partial charge in [-0.05, 0) is 6.07 Å². The van der Waals surface area contributed by atoms with Gasteiger partial charge in [-0.25, -0.2) is 0 Å². The highest BCUT2D eigenvalue weighted by Gasteiger charge is 2.01. The summed E-state index contributed by atoms with van der Waals surface area (Å²) in [6, 6.07) is 8.10. The van der Waals surface area contributed by atoms with Gasteiger partial charge in [-0.15, -0.1) is 0 Å². The third kappa shape index (κ3) is 1.19. The first-order valence-corrected chi connectivity index (χ1v) is 3.58. The average molecular weight is 147 g/mol. The second-order valence-electron chi connectivity index (χ2n) is 2.42. The van der Waals surface area contributed by atoms with Gasteiger partial charge in [-0.1, -0.05) is 18.2 Å². The number of anilines is 1. The first-order valence-electron chi connectivity index (χ1n) is 3.58. The van der Waals surface area contributed by atoms with Crippen molar-refractivity contribution in [2.24, 2.45) is 0 Å². The zero-order valence-corrected chi connectivity index (χ0v) is 6.08. The van der Waals surface area contributed by atoms with Crippen LogP contribution in [0.3, 0.4) is 0 Å². The predicted molar refractivity (Wildman–Crippen MR) is 44.0 cm³/mol. The Morgan fingerprint density at radius 1 is 1.27 bits per heavy atom. The topological polar surface area (TPSA) is 21.3 Å². The molecule has 2 nitrogen and oxygen atoms in total. The van der Waals surface area contributed by atoms with Gasteiger partial charge in [0.1, 0.15) is 6.61 Å². The van der Waals surface area contributed by atoms with Gasteiger partial charge in [-0.3, -0.25) is 0 Å². The van der Waals surface area contributed by atoms with Crippen LogP contribution in [0.1, 0.15) is 5.56 Å². The van der Waals surface area contributed by atoms with Crippen molar-refractivity contribution in [1.82, 2.24) is 0 Å². The van der Waals surface area contributed by atoms with E-state index in [0.717, 1.165) is 5.69 Å². The summed E-state index contributed by atoms with van der Waals surface area (Å²) in [6.45, 7) is 0.652. The zero-order valence-electron chi connectivity index (χ0n) is 6.08. The maximum Gasteiger partial charge on any atom is 0.114 e. The summed E-state index contributed by atoms with van der Waals surface area (Å²) in [6.07, 6.45) is 3.46. The molecule has 0 bridgehead atoms. The maximum absolute atomic E-state index is 5.18. The molecule has 0 saturated heterocycles. The van der Waals surface area contributed by atoms with Gasteiger partial charge in [0.2, 0.25) is 0 Å². The molecule has 56 valence electrons. The zero-order chi connectivity index (χ0) is 7.52. The molecule has 0 radical (unpaired) electrons. The Bertz CT molecular complexity index is 281. The highest BCUT2D eigenvalue weighted by molar-refractivity contribution is 5.53. The van der Waals surface area contributed by atoms with Crippen LogP contribution in [0.5, 0.6) is 0 Å². The minimum absolute atomic E-state index is 0.652. The van der Waals surface area contributed by atoms with Gasteiger partial charge < -0.3 is 10.1 Å². The highest BCUT2D eigenvalue weighted by Crippen LogP contribution is 2.17. The van der Waals surface area contributed by atoms with Gasteiger partial charge in [0.05, 0.1) is 6.26 Å². The van der Waals surface area contributed by atoms with Crippen LogP contribution in [0.25, 0.3) is 0 Å². The third-order valence-corrected chi connectivity index (χ3v) is 1.66. The molecule has 0 unspecified atom stereocenters.